The second kappa shape index (κ2) is 6.78. The topological polar surface area (TPSA) is 54.0 Å². The molecule has 0 spiro atoms. The first kappa shape index (κ1) is 14.9. The van der Waals surface area contributed by atoms with Crippen LogP contribution < -0.4 is 10.6 Å². The lowest BCUT2D eigenvalue weighted by molar-refractivity contribution is 0.102. The second-order valence-corrected chi connectivity index (χ2v) is 4.43. The molecule has 0 aliphatic heterocycles. The lowest BCUT2D eigenvalue weighted by Crippen LogP contribution is -2.14. The highest BCUT2D eigenvalue weighted by Crippen LogP contribution is 2.17. The fraction of sp³-hybridized carbons (Fsp3) is 0.200. The van der Waals surface area contributed by atoms with Crippen molar-refractivity contribution in [2.75, 3.05) is 17.2 Å². The average Bonchev–Trinajstić information content (AvgIpc) is 2.49. The highest BCUT2D eigenvalue weighted by molar-refractivity contribution is 6.04. The van der Waals surface area contributed by atoms with E-state index >= 15 is 0 Å². The Morgan fingerprint density at radius 2 is 2.05 bits per heavy atom. The number of benzene rings is 1. The minimum absolute atomic E-state index is 0.195. The third kappa shape index (κ3) is 3.98. The van der Waals surface area contributed by atoms with E-state index in [1.807, 2.05) is 6.92 Å². The van der Waals surface area contributed by atoms with Crippen molar-refractivity contribution in [2.24, 2.45) is 0 Å². The summed E-state index contributed by atoms with van der Waals surface area (Å²) in [5.41, 5.74) is 0.118. The predicted molar refractivity (Wildman–Crippen MR) is 77.3 cm³/mol. The molecule has 21 heavy (non-hydrogen) atoms. The van der Waals surface area contributed by atoms with Crippen LogP contribution >= 0.6 is 0 Å². The van der Waals surface area contributed by atoms with Gasteiger partial charge in [0.2, 0.25) is 0 Å². The monoisotopic (exact) mass is 291 g/mol. The summed E-state index contributed by atoms with van der Waals surface area (Å²) in [6, 6.07) is 5.95. The summed E-state index contributed by atoms with van der Waals surface area (Å²) < 4.78 is 26.6. The molecular formula is C15H15F2N3O. The summed E-state index contributed by atoms with van der Waals surface area (Å²) in [4.78, 5) is 16.1. The van der Waals surface area contributed by atoms with Crippen LogP contribution in [0.25, 0.3) is 0 Å². The Morgan fingerprint density at radius 3 is 2.81 bits per heavy atom. The molecule has 4 nitrogen and oxygen atoms in total. The molecule has 1 amide bonds. The molecule has 110 valence electrons. The number of hydrogen-bond donors (Lipinski definition) is 2. The predicted octanol–water partition coefficient (Wildman–Crippen LogP) is 3.43. The Morgan fingerprint density at radius 1 is 1.24 bits per heavy atom. The molecule has 0 radical (unpaired) electrons. The quantitative estimate of drug-likeness (QED) is 0.887. The van der Waals surface area contributed by atoms with Crippen LogP contribution in [0.2, 0.25) is 0 Å². The van der Waals surface area contributed by atoms with Gasteiger partial charge in [-0.3, -0.25) is 4.79 Å². The molecule has 1 aromatic carbocycles. The summed E-state index contributed by atoms with van der Waals surface area (Å²) in [6.45, 7) is 2.74. The van der Waals surface area contributed by atoms with Gasteiger partial charge in [-0.2, -0.15) is 0 Å². The minimum atomic E-state index is -0.692. The van der Waals surface area contributed by atoms with Crippen molar-refractivity contribution in [2.45, 2.75) is 13.3 Å². The van der Waals surface area contributed by atoms with Crippen LogP contribution in [0.15, 0.2) is 36.5 Å². The molecule has 1 aromatic heterocycles. The Hall–Kier alpha value is -2.50. The van der Waals surface area contributed by atoms with E-state index in [4.69, 9.17) is 0 Å². The first-order valence-electron chi connectivity index (χ1n) is 6.56. The molecule has 0 unspecified atom stereocenters. The maximum atomic E-state index is 13.5. The molecule has 6 heteroatoms. The van der Waals surface area contributed by atoms with Crippen LogP contribution in [-0.2, 0) is 0 Å². The van der Waals surface area contributed by atoms with Crippen molar-refractivity contribution in [1.29, 1.82) is 0 Å². The zero-order chi connectivity index (χ0) is 15.2. The van der Waals surface area contributed by atoms with Gasteiger partial charge in [0, 0.05) is 24.4 Å². The summed E-state index contributed by atoms with van der Waals surface area (Å²) >= 11 is 0. The molecule has 2 rings (SSSR count). The van der Waals surface area contributed by atoms with Gasteiger partial charge in [-0.15, -0.1) is 0 Å². The van der Waals surface area contributed by atoms with Gasteiger partial charge in [0.1, 0.15) is 17.5 Å². The highest BCUT2D eigenvalue weighted by atomic mass is 19.1. The number of anilines is 2. The van der Waals surface area contributed by atoms with Crippen molar-refractivity contribution in [3.63, 3.8) is 0 Å². The summed E-state index contributed by atoms with van der Waals surface area (Å²) in [7, 11) is 0. The molecule has 0 aliphatic rings. The lowest BCUT2D eigenvalue weighted by atomic mass is 10.2. The highest BCUT2D eigenvalue weighted by Gasteiger charge is 2.11. The van der Waals surface area contributed by atoms with Gasteiger partial charge in [0.15, 0.2) is 0 Å². The van der Waals surface area contributed by atoms with Gasteiger partial charge in [0.05, 0.1) is 5.69 Å². The van der Waals surface area contributed by atoms with Crippen molar-refractivity contribution in [3.8, 4) is 0 Å². The Labute approximate surface area is 121 Å². The number of aromatic nitrogens is 1. The number of halogens is 2. The number of amides is 1. The van der Waals surface area contributed by atoms with Crippen molar-refractivity contribution in [1.82, 2.24) is 4.98 Å². The van der Waals surface area contributed by atoms with E-state index in [1.165, 1.54) is 12.3 Å². The zero-order valence-electron chi connectivity index (χ0n) is 11.5. The maximum Gasteiger partial charge on any atom is 0.255 e. The van der Waals surface area contributed by atoms with Crippen LogP contribution in [0.4, 0.5) is 20.3 Å². The third-order valence-electron chi connectivity index (χ3n) is 2.75. The number of nitrogens with one attached hydrogen (secondary N) is 2. The number of carbonyl (C=O) groups is 1. The largest absolute Gasteiger partial charge is 0.370 e. The molecule has 0 saturated heterocycles. The number of rotatable bonds is 5. The summed E-state index contributed by atoms with van der Waals surface area (Å²) in [5.74, 6) is -1.28. The van der Waals surface area contributed by atoms with Crippen molar-refractivity contribution >= 4 is 17.4 Å². The standard InChI is InChI=1S/C15H15F2N3O/c1-2-6-18-14-8-10(5-7-19-14)15(21)20-13-9-11(16)3-4-12(13)17/h3-5,7-9H,2,6H2,1H3,(H,18,19)(H,20,21). The van der Waals surface area contributed by atoms with Gasteiger partial charge < -0.3 is 10.6 Å². The summed E-state index contributed by atoms with van der Waals surface area (Å²) in [5, 5.41) is 5.39. The maximum absolute atomic E-state index is 13.5. The second-order valence-electron chi connectivity index (χ2n) is 4.43. The van der Waals surface area contributed by atoms with E-state index in [2.05, 4.69) is 15.6 Å². The van der Waals surface area contributed by atoms with Gasteiger partial charge in [0.25, 0.3) is 5.91 Å². The van der Waals surface area contributed by atoms with Crippen molar-refractivity contribution in [3.05, 3.63) is 53.7 Å². The van der Waals surface area contributed by atoms with Gasteiger partial charge in [-0.1, -0.05) is 6.92 Å². The smallest absolute Gasteiger partial charge is 0.255 e. The van der Waals surface area contributed by atoms with Gasteiger partial charge in [-0.25, -0.2) is 13.8 Å². The van der Waals surface area contributed by atoms with Crippen LogP contribution in [0.1, 0.15) is 23.7 Å². The normalized spacial score (nSPS) is 10.2. The molecule has 1 heterocycles. The number of pyridine rings is 1. The van der Waals surface area contributed by atoms with Crippen LogP contribution in [0, 0.1) is 11.6 Å². The number of nitrogens with zero attached hydrogens (tertiary/aromatic N) is 1. The van der Waals surface area contributed by atoms with Gasteiger partial charge in [-0.05, 0) is 30.7 Å². The first-order valence-corrected chi connectivity index (χ1v) is 6.56. The molecule has 0 bridgehead atoms. The van der Waals surface area contributed by atoms with E-state index < -0.39 is 17.5 Å². The molecule has 0 atom stereocenters. The first-order chi connectivity index (χ1) is 10.1. The van der Waals surface area contributed by atoms with E-state index in [0.717, 1.165) is 31.2 Å². The fourth-order valence-electron chi connectivity index (χ4n) is 1.71. The van der Waals surface area contributed by atoms with E-state index in [9.17, 15) is 13.6 Å². The fourth-order valence-corrected chi connectivity index (χ4v) is 1.71. The number of carbonyl (C=O) groups excluding carboxylic acids is 1. The molecule has 0 fully saturated rings. The zero-order valence-corrected chi connectivity index (χ0v) is 11.5. The van der Waals surface area contributed by atoms with Crippen LogP contribution in [0.5, 0.6) is 0 Å². The number of hydrogen-bond acceptors (Lipinski definition) is 3. The molecule has 2 N–H and O–H groups in total. The van der Waals surface area contributed by atoms with Crippen LogP contribution in [-0.4, -0.2) is 17.4 Å². The van der Waals surface area contributed by atoms with E-state index in [-0.39, 0.29) is 5.69 Å². The molecular weight excluding hydrogens is 276 g/mol. The Kier molecular flexibility index (Phi) is 4.81. The van der Waals surface area contributed by atoms with Crippen LogP contribution in [0.3, 0.4) is 0 Å². The minimum Gasteiger partial charge on any atom is -0.370 e. The lowest BCUT2D eigenvalue weighted by Gasteiger charge is -2.08. The average molecular weight is 291 g/mol. The van der Waals surface area contributed by atoms with Gasteiger partial charge >= 0.3 is 0 Å². The molecule has 0 aliphatic carbocycles. The van der Waals surface area contributed by atoms with Crippen molar-refractivity contribution < 1.29 is 13.6 Å². The third-order valence-corrected chi connectivity index (χ3v) is 2.75. The molecule has 2 aromatic rings. The Bertz CT molecular complexity index is 647. The summed E-state index contributed by atoms with van der Waals surface area (Å²) in [6.07, 6.45) is 2.40. The SMILES string of the molecule is CCCNc1cc(C(=O)Nc2cc(F)ccc2F)ccn1. The van der Waals surface area contributed by atoms with E-state index in [1.54, 1.807) is 6.07 Å². The molecule has 0 saturated carbocycles. The van der Waals surface area contributed by atoms with E-state index in [0.29, 0.717) is 11.4 Å². The Balaban J connectivity index is 2.14.